The van der Waals surface area contributed by atoms with Crippen LogP contribution in [0.4, 0.5) is 0 Å². The average Bonchev–Trinajstić information content (AvgIpc) is 2.43. The average molecular weight is 254 g/mol. The van der Waals surface area contributed by atoms with Gasteiger partial charge in [0.05, 0.1) is 0 Å². The van der Waals surface area contributed by atoms with Crippen molar-refractivity contribution in [2.24, 2.45) is 5.92 Å². The number of piperidine rings is 1. The third-order valence-corrected chi connectivity index (χ3v) is 4.53. The van der Waals surface area contributed by atoms with Crippen molar-refractivity contribution in [3.05, 3.63) is 0 Å². The van der Waals surface area contributed by atoms with Gasteiger partial charge in [-0.15, -0.1) is 0 Å². The topological polar surface area (TPSA) is 15.3 Å². The fraction of sp³-hybridized carbons (Fsp3) is 1.00. The summed E-state index contributed by atoms with van der Waals surface area (Å²) in [4.78, 5) is 2.71. The molecule has 2 nitrogen and oxygen atoms in total. The lowest BCUT2D eigenvalue weighted by molar-refractivity contribution is 0.190. The largest absolute Gasteiger partial charge is 0.317 e. The van der Waals surface area contributed by atoms with Gasteiger partial charge < -0.3 is 10.2 Å². The van der Waals surface area contributed by atoms with Crippen molar-refractivity contribution in [3.63, 3.8) is 0 Å². The van der Waals surface area contributed by atoms with Crippen LogP contribution < -0.4 is 5.32 Å². The van der Waals surface area contributed by atoms with Crippen molar-refractivity contribution in [1.82, 2.24) is 10.2 Å². The lowest BCUT2D eigenvalue weighted by Gasteiger charge is -2.29. The van der Waals surface area contributed by atoms with Crippen molar-refractivity contribution in [3.8, 4) is 0 Å². The summed E-state index contributed by atoms with van der Waals surface area (Å²) in [6.07, 6.45) is 9.62. The first-order valence-electron chi connectivity index (χ1n) is 8.22. The quantitative estimate of drug-likeness (QED) is 0.675. The van der Waals surface area contributed by atoms with Crippen LogP contribution in [0, 0.1) is 5.92 Å². The molecule has 1 saturated heterocycles. The highest BCUT2D eigenvalue weighted by atomic mass is 15.1. The molecular formula is C16H34N2. The zero-order valence-corrected chi connectivity index (χ0v) is 12.9. The van der Waals surface area contributed by atoms with E-state index in [1.807, 2.05) is 0 Å². The van der Waals surface area contributed by atoms with Gasteiger partial charge in [0.15, 0.2) is 0 Å². The number of nitrogens with zero attached hydrogens (tertiary/aromatic N) is 1. The Morgan fingerprint density at radius 1 is 1.11 bits per heavy atom. The molecule has 1 heterocycles. The number of unbranched alkanes of at least 4 members (excludes halogenated alkanes) is 1. The molecule has 1 N–H and O–H groups in total. The molecule has 1 atom stereocenters. The van der Waals surface area contributed by atoms with Crippen molar-refractivity contribution in [2.75, 3.05) is 26.2 Å². The Bertz CT molecular complexity index is 188. The van der Waals surface area contributed by atoms with Crippen LogP contribution in [0.2, 0.25) is 0 Å². The predicted octanol–water partition coefficient (Wildman–Crippen LogP) is 3.67. The summed E-state index contributed by atoms with van der Waals surface area (Å²) in [6.45, 7) is 12.1. The SMILES string of the molecule is CCCCN(CCCC1CCNCC1)C(C)CC. The summed E-state index contributed by atoms with van der Waals surface area (Å²) < 4.78 is 0. The molecule has 0 spiro atoms. The summed E-state index contributed by atoms with van der Waals surface area (Å²) in [5.74, 6) is 0.996. The Morgan fingerprint density at radius 3 is 2.39 bits per heavy atom. The van der Waals surface area contributed by atoms with Crippen LogP contribution >= 0.6 is 0 Å². The molecule has 0 radical (unpaired) electrons. The van der Waals surface area contributed by atoms with Gasteiger partial charge in [0, 0.05) is 6.04 Å². The van der Waals surface area contributed by atoms with Crippen LogP contribution in [0.25, 0.3) is 0 Å². The second-order valence-electron chi connectivity index (χ2n) is 5.98. The first-order chi connectivity index (χ1) is 8.77. The summed E-state index contributed by atoms with van der Waals surface area (Å²) in [5.41, 5.74) is 0. The minimum absolute atomic E-state index is 0.768. The summed E-state index contributed by atoms with van der Waals surface area (Å²) in [7, 11) is 0. The third kappa shape index (κ3) is 6.19. The zero-order chi connectivity index (χ0) is 13.2. The molecule has 0 aromatic heterocycles. The van der Waals surface area contributed by atoms with Crippen LogP contribution in [0.1, 0.15) is 65.7 Å². The summed E-state index contributed by atoms with van der Waals surface area (Å²) >= 11 is 0. The number of rotatable bonds is 9. The molecule has 1 aliphatic heterocycles. The van der Waals surface area contributed by atoms with Gasteiger partial charge in [0.1, 0.15) is 0 Å². The molecule has 0 amide bonds. The van der Waals surface area contributed by atoms with E-state index < -0.39 is 0 Å². The maximum atomic E-state index is 3.46. The maximum Gasteiger partial charge on any atom is 0.00643 e. The fourth-order valence-corrected chi connectivity index (χ4v) is 2.93. The molecular weight excluding hydrogens is 220 g/mol. The lowest BCUT2D eigenvalue weighted by atomic mass is 9.93. The van der Waals surface area contributed by atoms with Crippen molar-refractivity contribution >= 4 is 0 Å². The molecule has 1 fully saturated rings. The molecule has 1 aliphatic rings. The molecule has 0 aliphatic carbocycles. The highest BCUT2D eigenvalue weighted by Gasteiger charge is 2.15. The van der Waals surface area contributed by atoms with Crippen molar-refractivity contribution in [1.29, 1.82) is 0 Å². The first-order valence-corrected chi connectivity index (χ1v) is 8.22. The van der Waals surface area contributed by atoms with E-state index in [4.69, 9.17) is 0 Å². The molecule has 0 aromatic rings. The highest BCUT2D eigenvalue weighted by molar-refractivity contribution is 4.71. The molecule has 0 saturated carbocycles. The number of nitrogens with one attached hydrogen (secondary N) is 1. The zero-order valence-electron chi connectivity index (χ0n) is 12.9. The van der Waals surface area contributed by atoms with E-state index in [1.54, 1.807) is 0 Å². The molecule has 0 bridgehead atoms. The molecule has 1 rings (SSSR count). The van der Waals surface area contributed by atoms with E-state index in [0.717, 1.165) is 12.0 Å². The normalized spacial score (nSPS) is 19.3. The van der Waals surface area contributed by atoms with Gasteiger partial charge >= 0.3 is 0 Å². The standard InChI is InChI=1S/C16H34N2/c1-4-6-13-18(15(3)5-2)14-7-8-16-9-11-17-12-10-16/h15-17H,4-14H2,1-3H3. The molecule has 1 unspecified atom stereocenters. The van der Waals surface area contributed by atoms with E-state index in [0.29, 0.717) is 0 Å². The van der Waals surface area contributed by atoms with Crippen LogP contribution in [-0.4, -0.2) is 37.1 Å². The number of hydrogen-bond acceptors (Lipinski definition) is 2. The van der Waals surface area contributed by atoms with Gasteiger partial charge in [-0.25, -0.2) is 0 Å². The highest BCUT2D eigenvalue weighted by Crippen LogP contribution is 2.18. The Labute approximate surface area is 115 Å². The Balaban J connectivity index is 2.18. The van der Waals surface area contributed by atoms with Crippen LogP contribution in [0.5, 0.6) is 0 Å². The lowest BCUT2D eigenvalue weighted by Crippen LogP contribution is -2.35. The van der Waals surface area contributed by atoms with E-state index in [2.05, 4.69) is 31.0 Å². The summed E-state index contributed by atoms with van der Waals surface area (Å²) in [6, 6.07) is 0.768. The van der Waals surface area contributed by atoms with Crippen molar-refractivity contribution < 1.29 is 0 Å². The second-order valence-corrected chi connectivity index (χ2v) is 5.98. The molecule has 2 heteroatoms. The monoisotopic (exact) mass is 254 g/mol. The Hall–Kier alpha value is -0.0800. The van der Waals surface area contributed by atoms with E-state index >= 15 is 0 Å². The molecule has 108 valence electrons. The Morgan fingerprint density at radius 2 is 1.78 bits per heavy atom. The minimum atomic E-state index is 0.768. The van der Waals surface area contributed by atoms with Crippen LogP contribution in [0.3, 0.4) is 0 Å². The van der Waals surface area contributed by atoms with Gasteiger partial charge in [-0.3, -0.25) is 0 Å². The number of hydrogen-bond donors (Lipinski definition) is 1. The molecule has 18 heavy (non-hydrogen) atoms. The van der Waals surface area contributed by atoms with Gasteiger partial charge in [-0.1, -0.05) is 20.3 Å². The van der Waals surface area contributed by atoms with Crippen molar-refractivity contribution in [2.45, 2.75) is 71.8 Å². The van der Waals surface area contributed by atoms with E-state index in [-0.39, 0.29) is 0 Å². The Kier molecular flexibility index (Phi) is 8.70. The van der Waals surface area contributed by atoms with E-state index in [1.165, 1.54) is 71.1 Å². The fourth-order valence-electron chi connectivity index (χ4n) is 2.93. The minimum Gasteiger partial charge on any atom is -0.317 e. The summed E-state index contributed by atoms with van der Waals surface area (Å²) in [5, 5.41) is 3.46. The van der Waals surface area contributed by atoms with Gasteiger partial charge in [-0.05, 0) is 77.5 Å². The van der Waals surface area contributed by atoms with Gasteiger partial charge in [0.25, 0.3) is 0 Å². The van der Waals surface area contributed by atoms with Crippen LogP contribution in [-0.2, 0) is 0 Å². The predicted molar refractivity (Wildman–Crippen MR) is 81.1 cm³/mol. The molecule has 0 aromatic carbocycles. The smallest absolute Gasteiger partial charge is 0.00643 e. The van der Waals surface area contributed by atoms with E-state index in [9.17, 15) is 0 Å². The van der Waals surface area contributed by atoms with Gasteiger partial charge in [-0.2, -0.15) is 0 Å². The first kappa shape index (κ1) is 16.0. The second kappa shape index (κ2) is 9.80. The maximum absolute atomic E-state index is 3.46. The third-order valence-electron chi connectivity index (χ3n) is 4.53. The van der Waals surface area contributed by atoms with Crippen LogP contribution in [0.15, 0.2) is 0 Å². The van der Waals surface area contributed by atoms with Gasteiger partial charge in [0.2, 0.25) is 0 Å².